The maximum Gasteiger partial charge on any atom is 0.270 e. The van der Waals surface area contributed by atoms with Crippen LogP contribution in [-0.2, 0) is 0 Å². The molecule has 1 saturated carbocycles. The first kappa shape index (κ1) is 13.2. The molecule has 0 spiro atoms. The van der Waals surface area contributed by atoms with E-state index in [-0.39, 0.29) is 5.91 Å². The molecule has 104 valence electrons. The second kappa shape index (κ2) is 5.29. The van der Waals surface area contributed by atoms with Crippen molar-refractivity contribution in [2.75, 3.05) is 20.1 Å². The Morgan fingerprint density at radius 2 is 2.32 bits per heavy atom. The average Bonchev–Trinajstić information content (AvgIpc) is 2.97. The molecule has 3 rings (SSSR count). The molecule has 4 nitrogen and oxygen atoms in total. The minimum Gasteiger partial charge on any atom is -0.339 e. The van der Waals surface area contributed by atoms with Gasteiger partial charge in [-0.3, -0.25) is 4.79 Å². The van der Waals surface area contributed by atoms with Crippen molar-refractivity contribution in [3.05, 3.63) is 22.4 Å². The molecule has 0 radical (unpaired) electrons. The van der Waals surface area contributed by atoms with Gasteiger partial charge < -0.3 is 14.8 Å². The highest BCUT2D eigenvalue weighted by Gasteiger charge is 2.29. The van der Waals surface area contributed by atoms with Gasteiger partial charge in [0.25, 0.3) is 5.91 Å². The molecule has 1 atom stereocenters. The summed E-state index contributed by atoms with van der Waals surface area (Å²) in [5.41, 5.74) is 0.815. The normalized spacial score (nSPS) is 22.7. The molecule has 1 N–H and O–H groups in total. The molecule has 1 unspecified atom stereocenters. The summed E-state index contributed by atoms with van der Waals surface area (Å²) in [5, 5.41) is 3.44. The van der Waals surface area contributed by atoms with E-state index in [9.17, 15) is 4.79 Å². The molecular weight excluding hydrogens is 306 g/mol. The summed E-state index contributed by atoms with van der Waals surface area (Å²) >= 11 is 3.48. The third kappa shape index (κ3) is 2.87. The molecular formula is C14H20BrN3O. The molecule has 0 aromatic carbocycles. The van der Waals surface area contributed by atoms with Gasteiger partial charge in [-0.25, -0.2) is 0 Å². The quantitative estimate of drug-likeness (QED) is 0.923. The Balaban J connectivity index is 1.71. The van der Waals surface area contributed by atoms with Crippen molar-refractivity contribution >= 4 is 21.8 Å². The second-order valence-corrected chi connectivity index (χ2v) is 6.58. The van der Waals surface area contributed by atoms with Crippen molar-refractivity contribution in [2.45, 2.75) is 37.8 Å². The number of hydrogen-bond acceptors (Lipinski definition) is 2. The largest absolute Gasteiger partial charge is 0.339 e. The minimum absolute atomic E-state index is 0.131. The van der Waals surface area contributed by atoms with E-state index in [4.69, 9.17) is 0 Å². The zero-order chi connectivity index (χ0) is 13.4. The van der Waals surface area contributed by atoms with E-state index in [1.54, 1.807) is 0 Å². The molecule has 1 aliphatic carbocycles. The summed E-state index contributed by atoms with van der Waals surface area (Å²) in [5.74, 6) is 0.131. The molecule has 5 heteroatoms. The lowest BCUT2D eigenvalue weighted by Crippen LogP contribution is -2.39. The third-order valence-corrected chi connectivity index (χ3v) is 4.41. The summed E-state index contributed by atoms with van der Waals surface area (Å²) in [4.78, 5) is 14.4. The van der Waals surface area contributed by atoms with E-state index >= 15 is 0 Å². The molecule has 1 aromatic heterocycles. The number of aromatic nitrogens is 1. The zero-order valence-corrected chi connectivity index (χ0v) is 12.8. The molecule has 0 bridgehead atoms. The number of nitrogens with one attached hydrogen (secondary N) is 1. The lowest BCUT2D eigenvalue weighted by Gasteiger charge is -2.22. The first-order valence-electron chi connectivity index (χ1n) is 7.01. The molecule has 2 fully saturated rings. The Morgan fingerprint density at radius 1 is 1.53 bits per heavy atom. The van der Waals surface area contributed by atoms with E-state index in [2.05, 4.69) is 25.8 Å². The van der Waals surface area contributed by atoms with Crippen molar-refractivity contribution in [3.8, 4) is 0 Å². The second-order valence-electron chi connectivity index (χ2n) is 5.66. The van der Waals surface area contributed by atoms with Gasteiger partial charge in [0.1, 0.15) is 5.69 Å². The van der Waals surface area contributed by atoms with Gasteiger partial charge in [0, 0.05) is 36.3 Å². The van der Waals surface area contributed by atoms with Gasteiger partial charge in [0.2, 0.25) is 0 Å². The highest BCUT2D eigenvalue weighted by molar-refractivity contribution is 9.10. The molecule has 1 amide bonds. The van der Waals surface area contributed by atoms with Crippen molar-refractivity contribution in [1.29, 1.82) is 0 Å². The molecule has 1 aromatic rings. The highest BCUT2D eigenvalue weighted by Crippen LogP contribution is 2.37. The highest BCUT2D eigenvalue weighted by atomic mass is 79.9. The predicted molar refractivity (Wildman–Crippen MR) is 78.4 cm³/mol. The van der Waals surface area contributed by atoms with Crippen LogP contribution in [0.2, 0.25) is 0 Å². The Morgan fingerprint density at radius 3 is 2.95 bits per heavy atom. The number of carbonyl (C=O) groups is 1. The van der Waals surface area contributed by atoms with Crippen molar-refractivity contribution in [2.24, 2.45) is 0 Å². The summed E-state index contributed by atoms with van der Waals surface area (Å²) < 4.78 is 3.13. The lowest BCUT2D eigenvalue weighted by molar-refractivity contribution is 0.0773. The smallest absolute Gasteiger partial charge is 0.270 e. The molecule has 1 saturated heterocycles. The fourth-order valence-electron chi connectivity index (χ4n) is 2.79. The molecule has 1 aliphatic heterocycles. The average molecular weight is 326 g/mol. The number of halogens is 1. The van der Waals surface area contributed by atoms with Crippen LogP contribution in [0.25, 0.3) is 0 Å². The predicted octanol–water partition coefficient (Wildman–Crippen LogP) is 2.41. The monoisotopic (exact) mass is 325 g/mol. The summed E-state index contributed by atoms with van der Waals surface area (Å²) in [6.07, 6.45) is 6.80. The topological polar surface area (TPSA) is 37.3 Å². The van der Waals surface area contributed by atoms with Crippen LogP contribution < -0.4 is 5.32 Å². The Kier molecular flexibility index (Phi) is 3.67. The first-order valence-corrected chi connectivity index (χ1v) is 7.80. The molecule has 2 aliphatic rings. The van der Waals surface area contributed by atoms with Gasteiger partial charge in [0.15, 0.2) is 0 Å². The van der Waals surface area contributed by atoms with Gasteiger partial charge in [0.05, 0.1) is 0 Å². The maximum absolute atomic E-state index is 12.6. The van der Waals surface area contributed by atoms with Crippen LogP contribution in [0.1, 0.15) is 42.2 Å². The van der Waals surface area contributed by atoms with Gasteiger partial charge in [-0.2, -0.15) is 0 Å². The van der Waals surface area contributed by atoms with Crippen LogP contribution in [0.3, 0.4) is 0 Å². The van der Waals surface area contributed by atoms with Crippen LogP contribution in [-0.4, -0.2) is 41.6 Å². The van der Waals surface area contributed by atoms with E-state index in [1.165, 1.54) is 25.7 Å². The minimum atomic E-state index is 0.131. The van der Waals surface area contributed by atoms with Crippen molar-refractivity contribution < 1.29 is 4.79 Å². The van der Waals surface area contributed by atoms with Crippen LogP contribution in [0.15, 0.2) is 16.7 Å². The van der Waals surface area contributed by atoms with Crippen molar-refractivity contribution in [1.82, 2.24) is 14.8 Å². The van der Waals surface area contributed by atoms with E-state index < -0.39 is 0 Å². The van der Waals surface area contributed by atoms with Crippen LogP contribution >= 0.6 is 15.9 Å². The standard InChI is InChI=1S/C14H20BrN3O/c1-17(9-11-3-2-6-16-11)14(19)13-7-10(15)8-18(13)12-4-5-12/h7-8,11-12,16H,2-6,9H2,1H3. The summed E-state index contributed by atoms with van der Waals surface area (Å²) in [7, 11) is 1.90. The fourth-order valence-corrected chi connectivity index (χ4v) is 3.23. The molecule has 2 heterocycles. The summed E-state index contributed by atoms with van der Waals surface area (Å²) in [6.45, 7) is 1.88. The van der Waals surface area contributed by atoms with Gasteiger partial charge >= 0.3 is 0 Å². The van der Waals surface area contributed by atoms with Crippen LogP contribution in [0, 0.1) is 0 Å². The number of likely N-dealkylation sites (N-methyl/N-ethyl adjacent to an activating group) is 1. The fraction of sp³-hybridized carbons (Fsp3) is 0.643. The van der Waals surface area contributed by atoms with E-state index in [0.29, 0.717) is 12.1 Å². The SMILES string of the molecule is CN(CC1CCCN1)C(=O)c1cc(Br)cn1C1CC1. The van der Waals surface area contributed by atoms with Gasteiger partial charge in [-0.05, 0) is 54.2 Å². The van der Waals surface area contributed by atoms with Crippen LogP contribution in [0.5, 0.6) is 0 Å². The first-order chi connectivity index (χ1) is 9.15. The third-order valence-electron chi connectivity index (χ3n) is 3.98. The Hall–Kier alpha value is -0.810. The molecule has 19 heavy (non-hydrogen) atoms. The lowest BCUT2D eigenvalue weighted by atomic mass is 10.2. The van der Waals surface area contributed by atoms with E-state index in [1.807, 2.05) is 24.2 Å². The van der Waals surface area contributed by atoms with E-state index in [0.717, 1.165) is 23.3 Å². The maximum atomic E-state index is 12.6. The van der Waals surface area contributed by atoms with Gasteiger partial charge in [-0.15, -0.1) is 0 Å². The Bertz CT molecular complexity index is 475. The van der Waals surface area contributed by atoms with Gasteiger partial charge in [-0.1, -0.05) is 0 Å². The number of hydrogen-bond donors (Lipinski definition) is 1. The van der Waals surface area contributed by atoms with Crippen molar-refractivity contribution in [3.63, 3.8) is 0 Å². The summed E-state index contributed by atoms with van der Waals surface area (Å²) in [6, 6.07) is 2.93. The number of carbonyl (C=O) groups excluding carboxylic acids is 1. The zero-order valence-electron chi connectivity index (χ0n) is 11.2. The number of amides is 1. The number of rotatable bonds is 4. The Labute approximate surface area is 122 Å². The number of nitrogens with zero attached hydrogens (tertiary/aromatic N) is 2. The van der Waals surface area contributed by atoms with Crippen LogP contribution in [0.4, 0.5) is 0 Å².